The molecule has 2 unspecified atom stereocenters. The van der Waals surface area contributed by atoms with Crippen LogP contribution in [-0.4, -0.2) is 30.1 Å². The molecule has 0 bridgehead atoms. The van der Waals surface area contributed by atoms with Gasteiger partial charge in [-0.2, -0.15) is 0 Å². The summed E-state index contributed by atoms with van der Waals surface area (Å²) in [4.78, 5) is 2.77. The topological polar surface area (TPSA) is 29.3 Å². The molecule has 1 heterocycles. The standard InChI is InChI=1S/C16H32N2/c1-14-9-5-4-8-12-18(14)16(13-17)15-10-6-2-3-7-11-15/h14-16H,2-13,17H2,1H3. The van der Waals surface area contributed by atoms with Crippen molar-refractivity contribution < 1.29 is 0 Å². The van der Waals surface area contributed by atoms with Gasteiger partial charge in [0, 0.05) is 18.6 Å². The van der Waals surface area contributed by atoms with E-state index in [0.29, 0.717) is 6.04 Å². The first-order valence-electron chi connectivity index (χ1n) is 8.28. The smallest absolute Gasteiger partial charge is 0.0249 e. The second kappa shape index (κ2) is 7.49. The molecule has 0 radical (unpaired) electrons. The summed E-state index contributed by atoms with van der Waals surface area (Å²) in [5.41, 5.74) is 6.16. The molecule has 1 aliphatic carbocycles. The molecule has 2 N–H and O–H groups in total. The molecule has 1 saturated carbocycles. The summed E-state index contributed by atoms with van der Waals surface area (Å²) < 4.78 is 0. The van der Waals surface area contributed by atoms with E-state index >= 15 is 0 Å². The van der Waals surface area contributed by atoms with Crippen LogP contribution in [0.25, 0.3) is 0 Å². The van der Waals surface area contributed by atoms with Crippen LogP contribution in [0.4, 0.5) is 0 Å². The van der Waals surface area contributed by atoms with Crippen LogP contribution in [-0.2, 0) is 0 Å². The number of nitrogens with two attached hydrogens (primary N) is 1. The van der Waals surface area contributed by atoms with Gasteiger partial charge in [-0.15, -0.1) is 0 Å². The van der Waals surface area contributed by atoms with Crippen LogP contribution in [0.5, 0.6) is 0 Å². The molecule has 1 aliphatic heterocycles. The lowest BCUT2D eigenvalue weighted by Crippen LogP contribution is -2.49. The lowest BCUT2D eigenvalue weighted by atomic mass is 9.89. The van der Waals surface area contributed by atoms with Crippen LogP contribution in [0.3, 0.4) is 0 Å². The Balaban J connectivity index is 2.00. The summed E-state index contributed by atoms with van der Waals surface area (Å²) in [5, 5.41) is 0. The van der Waals surface area contributed by atoms with E-state index in [4.69, 9.17) is 5.73 Å². The lowest BCUT2D eigenvalue weighted by molar-refractivity contribution is 0.0985. The Morgan fingerprint density at radius 3 is 2.22 bits per heavy atom. The van der Waals surface area contributed by atoms with Gasteiger partial charge in [0.2, 0.25) is 0 Å². The Morgan fingerprint density at radius 1 is 0.944 bits per heavy atom. The third kappa shape index (κ3) is 3.71. The fourth-order valence-corrected chi connectivity index (χ4v) is 4.08. The summed E-state index contributed by atoms with van der Waals surface area (Å²) in [6.07, 6.45) is 14.2. The molecule has 0 spiro atoms. The van der Waals surface area contributed by atoms with E-state index < -0.39 is 0 Å². The maximum absolute atomic E-state index is 6.16. The maximum Gasteiger partial charge on any atom is 0.0249 e. The van der Waals surface area contributed by atoms with Gasteiger partial charge in [-0.1, -0.05) is 38.5 Å². The molecular weight excluding hydrogens is 220 g/mol. The van der Waals surface area contributed by atoms with Crippen molar-refractivity contribution in [2.75, 3.05) is 13.1 Å². The van der Waals surface area contributed by atoms with Gasteiger partial charge in [-0.3, -0.25) is 4.90 Å². The van der Waals surface area contributed by atoms with E-state index in [-0.39, 0.29) is 0 Å². The monoisotopic (exact) mass is 252 g/mol. The average Bonchev–Trinajstić information content (AvgIpc) is 2.75. The van der Waals surface area contributed by atoms with E-state index in [1.54, 1.807) is 0 Å². The number of rotatable bonds is 3. The third-order valence-electron chi connectivity index (χ3n) is 5.22. The van der Waals surface area contributed by atoms with Gasteiger partial charge in [0.25, 0.3) is 0 Å². The van der Waals surface area contributed by atoms with Crippen molar-refractivity contribution in [3.8, 4) is 0 Å². The molecule has 2 atom stereocenters. The molecule has 2 rings (SSSR count). The SMILES string of the molecule is CC1CCCCCN1C(CN)C1CCCCCC1. The van der Waals surface area contributed by atoms with Crippen LogP contribution in [0.15, 0.2) is 0 Å². The van der Waals surface area contributed by atoms with E-state index in [0.717, 1.165) is 18.5 Å². The van der Waals surface area contributed by atoms with Gasteiger partial charge in [-0.05, 0) is 45.1 Å². The van der Waals surface area contributed by atoms with Gasteiger partial charge < -0.3 is 5.73 Å². The van der Waals surface area contributed by atoms with Gasteiger partial charge in [0.1, 0.15) is 0 Å². The molecule has 106 valence electrons. The Kier molecular flexibility index (Phi) is 5.97. The van der Waals surface area contributed by atoms with Gasteiger partial charge in [0.05, 0.1) is 0 Å². The summed E-state index contributed by atoms with van der Waals surface area (Å²) >= 11 is 0. The van der Waals surface area contributed by atoms with Gasteiger partial charge in [0.15, 0.2) is 0 Å². The van der Waals surface area contributed by atoms with Crippen LogP contribution in [0, 0.1) is 5.92 Å². The Labute approximate surface area is 113 Å². The van der Waals surface area contributed by atoms with Crippen molar-refractivity contribution in [1.29, 1.82) is 0 Å². The first kappa shape index (κ1) is 14.3. The summed E-state index contributed by atoms with van der Waals surface area (Å²) in [6, 6.07) is 1.42. The van der Waals surface area contributed by atoms with Gasteiger partial charge >= 0.3 is 0 Å². The second-order valence-corrected chi connectivity index (χ2v) is 6.49. The number of hydrogen-bond donors (Lipinski definition) is 1. The predicted molar refractivity (Wildman–Crippen MR) is 78.7 cm³/mol. The summed E-state index contributed by atoms with van der Waals surface area (Å²) in [5.74, 6) is 0.873. The highest BCUT2D eigenvalue weighted by Gasteiger charge is 2.30. The molecular formula is C16H32N2. The van der Waals surface area contributed by atoms with Gasteiger partial charge in [-0.25, -0.2) is 0 Å². The van der Waals surface area contributed by atoms with Crippen LogP contribution in [0.1, 0.15) is 71.1 Å². The van der Waals surface area contributed by atoms with Crippen molar-refractivity contribution in [1.82, 2.24) is 4.90 Å². The van der Waals surface area contributed by atoms with Crippen molar-refractivity contribution in [3.05, 3.63) is 0 Å². The number of nitrogens with zero attached hydrogens (tertiary/aromatic N) is 1. The highest BCUT2D eigenvalue weighted by atomic mass is 15.2. The molecule has 1 saturated heterocycles. The highest BCUT2D eigenvalue weighted by molar-refractivity contribution is 4.86. The van der Waals surface area contributed by atoms with Crippen LogP contribution >= 0.6 is 0 Å². The molecule has 0 aromatic carbocycles. The summed E-state index contributed by atoms with van der Waals surface area (Å²) in [6.45, 7) is 4.58. The fraction of sp³-hybridized carbons (Fsp3) is 1.00. The van der Waals surface area contributed by atoms with E-state index in [1.165, 1.54) is 70.8 Å². The van der Waals surface area contributed by atoms with Crippen molar-refractivity contribution in [3.63, 3.8) is 0 Å². The zero-order valence-electron chi connectivity index (χ0n) is 12.2. The zero-order valence-corrected chi connectivity index (χ0v) is 12.2. The molecule has 0 amide bonds. The molecule has 0 aromatic rings. The van der Waals surface area contributed by atoms with Crippen LogP contribution in [0.2, 0.25) is 0 Å². The average molecular weight is 252 g/mol. The Hall–Kier alpha value is -0.0800. The molecule has 2 heteroatoms. The van der Waals surface area contributed by atoms with E-state index in [2.05, 4.69) is 11.8 Å². The third-order valence-corrected chi connectivity index (χ3v) is 5.22. The first-order valence-corrected chi connectivity index (χ1v) is 8.28. The minimum Gasteiger partial charge on any atom is -0.329 e. The van der Waals surface area contributed by atoms with E-state index in [9.17, 15) is 0 Å². The predicted octanol–water partition coefficient (Wildman–Crippen LogP) is 3.55. The first-order chi connectivity index (χ1) is 8.83. The lowest BCUT2D eigenvalue weighted by Gasteiger charge is -2.39. The minimum atomic E-state index is 0.663. The Morgan fingerprint density at radius 2 is 1.56 bits per heavy atom. The second-order valence-electron chi connectivity index (χ2n) is 6.49. The number of likely N-dealkylation sites (tertiary alicyclic amines) is 1. The minimum absolute atomic E-state index is 0.663. The highest BCUT2D eigenvalue weighted by Crippen LogP contribution is 2.30. The zero-order chi connectivity index (χ0) is 12.8. The number of hydrogen-bond acceptors (Lipinski definition) is 2. The molecule has 18 heavy (non-hydrogen) atoms. The van der Waals surface area contributed by atoms with Crippen LogP contribution < -0.4 is 5.73 Å². The van der Waals surface area contributed by atoms with Crippen molar-refractivity contribution in [2.45, 2.75) is 83.2 Å². The molecule has 2 fully saturated rings. The summed E-state index contributed by atoms with van der Waals surface area (Å²) in [7, 11) is 0. The quantitative estimate of drug-likeness (QED) is 0.778. The largest absolute Gasteiger partial charge is 0.329 e. The molecule has 0 aromatic heterocycles. The van der Waals surface area contributed by atoms with Crippen molar-refractivity contribution in [2.24, 2.45) is 11.7 Å². The molecule has 2 aliphatic rings. The molecule has 2 nitrogen and oxygen atoms in total. The van der Waals surface area contributed by atoms with Crippen molar-refractivity contribution >= 4 is 0 Å². The normalized spacial score (nSPS) is 30.7. The Bertz CT molecular complexity index is 221. The van der Waals surface area contributed by atoms with E-state index in [1.807, 2.05) is 0 Å². The fourth-order valence-electron chi connectivity index (χ4n) is 4.08. The maximum atomic E-state index is 6.16.